The number of nitrogens with one attached hydrogen (secondary N) is 1. The van der Waals surface area contributed by atoms with Gasteiger partial charge in [-0.05, 0) is 36.3 Å². The van der Waals surface area contributed by atoms with E-state index in [0.717, 1.165) is 22.9 Å². The molecule has 4 nitrogen and oxygen atoms in total. The molecule has 0 unspecified atom stereocenters. The molecular weight excluding hydrogens is 419 g/mol. The Hall–Kier alpha value is -2.14. The molecule has 0 bridgehead atoms. The molecule has 0 aliphatic carbocycles. The van der Waals surface area contributed by atoms with Crippen LogP contribution in [0.5, 0.6) is 5.75 Å². The number of aromatic amines is 1. The van der Waals surface area contributed by atoms with E-state index in [0.29, 0.717) is 33.9 Å². The SMILES string of the molecule is O=C(COc1ccc(Cl)cc1Cl)N1CC=C(c2c[nH]c3c(Cl)cccc23)CC1. The van der Waals surface area contributed by atoms with Gasteiger partial charge in [0.2, 0.25) is 0 Å². The van der Waals surface area contributed by atoms with Crippen molar-refractivity contribution in [2.45, 2.75) is 6.42 Å². The van der Waals surface area contributed by atoms with E-state index >= 15 is 0 Å². The summed E-state index contributed by atoms with van der Waals surface area (Å²) >= 11 is 18.2. The summed E-state index contributed by atoms with van der Waals surface area (Å²) in [5, 5.41) is 2.71. The molecule has 1 aliphatic heterocycles. The zero-order chi connectivity index (χ0) is 19.7. The van der Waals surface area contributed by atoms with Gasteiger partial charge in [0, 0.05) is 35.3 Å². The van der Waals surface area contributed by atoms with Crippen molar-refractivity contribution in [2.75, 3.05) is 19.7 Å². The summed E-state index contributed by atoms with van der Waals surface area (Å²) in [5.41, 5.74) is 3.28. The van der Waals surface area contributed by atoms with Gasteiger partial charge in [-0.1, -0.05) is 53.0 Å². The summed E-state index contributed by atoms with van der Waals surface area (Å²) in [5.74, 6) is 0.367. The fourth-order valence-electron chi connectivity index (χ4n) is 3.35. The molecule has 1 amide bonds. The molecule has 0 atom stereocenters. The molecule has 0 saturated carbocycles. The van der Waals surface area contributed by atoms with E-state index in [1.807, 2.05) is 18.3 Å². The van der Waals surface area contributed by atoms with Gasteiger partial charge in [-0.25, -0.2) is 0 Å². The van der Waals surface area contributed by atoms with E-state index in [4.69, 9.17) is 39.5 Å². The highest BCUT2D eigenvalue weighted by Gasteiger charge is 2.20. The summed E-state index contributed by atoms with van der Waals surface area (Å²) in [6.45, 7) is 1.11. The summed E-state index contributed by atoms with van der Waals surface area (Å²) in [4.78, 5) is 17.5. The summed E-state index contributed by atoms with van der Waals surface area (Å²) in [6, 6.07) is 10.8. The van der Waals surface area contributed by atoms with Crippen LogP contribution in [0, 0.1) is 0 Å². The predicted molar refractivity (Wildman–Crippen MR) is 114 cm³/mol. The Kier molecular flexibility index (Phi) is 5.54. The van der Waals surface area contributed by atoms with E-state index in [1.54, 1.807) is 23.1 Å². The van der Waals surface area contributed by atoms with Crippen molar-refractivity contribution < 1.29 is 9.53 Å². The maximum Gasteiger partial charge on any atom is 0.260 e. The Morgan fingerprint density at radius 2 is 2.00 bits per heavy atom. The van der Waals surface area contributed by atoms with E-state index in [-0.39, 0.29) is 12.5 Å². The van der Waals surface area contributed by atoms with Crippen LogP contribution in [0.3, 0.4) is 0 Å². The number of hydrogen-bond donors (Lipinski definition) is 1. The lowest BCUT2D eigenvalue weighted by atomic mass is 9.99. The van der Waals surface area contributed by atoms with Crippen molar-refractivity contribution in [3.63, 3.8) is 0 Å². The van der Waals surface area contributed by atoms with Crippen LogP contribution in [0.2, 0.25) is 15.1 Å². The zero-order valence-electron chi connectivity index (χ0n) is 14.8. The molecule has 144 valence electrons. The number of para-hydroxylation sites is 1. The third kappa shape index (κ3) is 3.86. The van der Waals surface area contributed by atoms with Gasteiger partial charge in [-0.15, -0.1) is 0 Å². The number of nitrogens with zero attached hydrogens (tertiary/aromatic N) is 1. The smallest absolute Gasteiger partial charge is 0.260 e. The van der Waals surface area contributed by atoms with Gasteiger partial charge in [0.05, 0.1) is 15.6 Å². The molecule has 28 heavy (non-hydrogen) atoms. The average Bonchev–Trinajstić information content (AvgIpc) is 3.13. The first-order valence-electron chi connectivity index (χ1n) is 8.83. The number of carbonyl (C=O) groups is 1. The number of aromatic nitrogens is 1. The van der Waals surface area contributed by atoms with Crippen molar-refractivity contribution in [3.8, 4) is 5.75 Å². The van der Waals surface area contributed by atoms with Crippen LogP contribution in [0.4, 0.5) is 0 Å². The lowest BCUT2D eigenvalue weighted by molar-refractivity contribution is -0.132. The molecule has 7 heteroatoms. The Morgan fingerprint density at radius 1 is 1.14 bits per heavy atom. The highest BCUT2D eigenvalue weighted by atomic mass is 35.5. The number of halogens is 3. The number of fused-ring (bicyclic) bond motifs is 1. The number of H-pyrrole nitrogens is 1. The van der Waals surface area contributed by atoms with Gasteiger partial charge in [0.25, 0.3) is 5.91 Å². The van der Waals surface area contributed by atoms with Crippen LogP contribution < -0.4 is 4.74 Å². The molecule has 2 heterocycles. The molecule has 0 radical (unpaired) electrons. The number of carbonyl (C=O) groups excluding carboxylic acids is 1. The minimum absolute atomic E-state index is 0.0623. The van der Waals surface area contributed by atoms with Crippen LogP contribution in [0.15, 0.2) is 48.7 Å². The third-order valence-corrected chi connectivity index (χ3v) is 5.66. The maximum atomic E-state index is 12.5. The predicted octanol–water partition coefficient (Wildman–Crippen LogP) is 5.82. The summed E-state index contributed by atoms with van der Waals surface area (Å²) < 4.78 is 5.55. The lowest BCUT2D eigenvalue weighted by Gasteiger charge is -2.26. The molecule has 4 rings (SSSR count). The largest absolute Gasteiger partial charge is 0.482 e. The summed E-state index contributed by atoms with van der Waals surface area (Å²) in [6.07, 6.45) is 4.83. The normalized spacial score (nSPS) is 14.2. The van der Waals surface area contributed by atoms with E-state index in [2.05, 4.69) is 17.1 Å². The third-order valence-electron chi connectivity index (χ3n) is 4.82. The van der Waals surface area contributed by atoms with E-state index in [1.165, 1.54) is 5.57 Å². The van der Waals surface area contributed by atoms with Crippen LogP contribution in [0.25, 0.3) is 16.5 Å². The first-order chi connectivity index (χ1) is 13.5. The minimum atomic E-state index is -0.0803. The fourth-order valence-corrected chi connectivity index (χ4v) is 4.04. The van der Waals surface area contributed by atoms with Gasteiger partial charge in [0.15, 0.2) is 6.61 Å². The molecule has 1 aromatic heterocycles. The van der Waals surface area contributed by atoms with E-state index < -0.39 is 0 Å². The van der Waals surface area contributed by atoms with Crippen LogP contribution in [-0.4, -0.2) is 35.5 Å². The Balaban J connectivity index is 1.41. The number of hydrogen-bond acceptors (Lipinski definition) is 2. The van der Waals surface area contributed by atoms with Crippen molar-refractivity contribution in [2.24, 2.45) is 0 Å². The Bertz CT molecular complexity index is 1070. The number of amides is 1. The second-order valence-electron chi connectivity index (χ2n) is 6.55. The molecule has 3 aromatic rings. The first kappa shape index (κ1) is 19.2. The zero-order valence-corrected chi connectivity index (χ0v) is 17.1. The molecule has 1 aliphatic rings. The first-order valence-corrected chi connectivity index (χ1v) is 9.97. The van der Waals surface area contributed by atoms with Crippen molar-refractivity contribution in [1.29, 1.82) is 0 Å². The monoisotopic (exact) mass is 434 g/mol. The minimum Gasteiger partial charge on any atom is -0.482 e. The molecule has 1 N–H and O–H groups in total. The van der Waals surface area contributed by atoms with Gasteiger partial charge in [-0.2, -0.15) is 0 Å². The highest BCUT2D eigenvalue weighted by molar-refractivity contribution is 6.35. The second-order valence-corrected chi connectivity index (χ2v) is 7.80. The van der Waals surface area contributed by atoms with Crippen molar-refractivity contribution >= 4 is 57.2 Å². The number of rotatable bonds is 4. The molecule has 0 spiro atoms. The van der Waals surface area contributed by atoms with Gasteiger partial charge < -0.3 is 14.6 Å². The standard InChI is InChI=1S/C21H17Cl3N2O2/c22-14-4-5-19(18(24)10-14)28-12-20(27)26-8-6-13(7-9-26)16-11-25-21-15(16)2-1-3-17(21)23/h1-6,10-11,25H,7-9,12H2. The van der Waals surface area contributed by atoms with Gasteiger partial charge in [-0.3, -0.25) is 4.79 Å². The van der Waals surface area contributed by atoms with Crippen molar-refractivity contribution in [3.05, 3.63) is 69.3 Å². The van der Waals surface area contributed by atoms with Crippen LogP contribution in [-0.2, 0) is 4.79 Å². The number of ether oxygens (including phenoxy) is 1. The second kappa shape index (κ2) is 8.08. The average molecular weight is 436 g/mol. The molecule has 0 fully saturated rings. The lowest BCUT2D eigenvalue weighted by Crippen LogP contribution is -2.37. The summed E-state index contributed by atoms with van der Waals surface area (Å²) in [7, 11) is 0. The molecule has 2 aromatic carbocycles. The fraction of sp³-hybridized carbons (Fsp3) is 0.190. The van der Waals surface area contributed by atoms with Crippen LogP contribution in [0.1, 0.15) is 12.0 Å². The van der Waals surface area contributed by atoms with Crippen LogP contribution >= 0.6 is 34.8 Å². The van der Waals surface area contributed by atoms with Gasteiger partial charge in [0.1, 0.15) is 5.75 Å². The maximum absolute atomic E-state index is 12.5. The Morgan fingerprint density at radius 3 is 2.75 bits per heavy atom. The van der Waals surface area contributed by atoms with Gasteiger partial charge >= 0.3 is 0 Å². The number of benzene rings is 2. The van der Waals surface area contributed by atoms with E-state index in [9.17, 15) is 4.79 Å². The Labute approximate surface area is 177 Å². The molecular formula is C21H17Cl3N2O2. The highest BCUT2D eigenvalue weighted by Crippen LogP contribution is 2.32. The van der Waals surface area contributed by atoms with Crippen molar-refractivity contribution in [1.82, 2.24) is 9.88 Å². The topological polar surface area (TPSA) is 45.3 Å². The quantitative estimate of drug-likeness (QED) is 0.561. The molecule has 0 saturated heterocycles.